The van der Waals surface area contributed by atoms with Crippen molar-refractivity contribution in [3.63, 3.8) is 0 Å². The molecular weight excluding hydrogens is 376 g/mol. The number of aromatic nitrogens is 2. The lowest BCUT2D eigenvalue weighted by Gasteiger charge is -2.37. The Labute approximate surface area is 179 Å². The Hall–Kier alpha value is -1.96. The van der Waals surface area contributed by atoms with Gasteiger partial charge in [0, 0.05) is 83.1 Å². The number of nitrogens with zero attached hydrogens (tertiary/aromatic N) is 6. The molecule has 3 saturated heterocycles. The summed E-state index contributed by atoms with van der Waals surface area (Å²) in [4.78, 5) is 19.3. The van der Waals surface area contributed by atoms with E-state index in [1.807, 2.05) is 0 Å². The van der Waals surface area contributed by atoms with Crippen molar-refractivity contribution >= 4 is 22.4 Å². The summed E-state index contributed by atoms with van der Waals surface area (Å²) in [6, 6.07) is 6.71. The summed E-state index contributed by atoms with van der Waals surface area (Å²) in [5.74, 6) is 1.11. The van der Waals surface area contributed by atoms with Gasteiger partial charge in [0.05, 0.1) is 12.1 Å². The van der Waals surface area contributed by atoms with Crippen molar-refractivity contribution in [2.75, 3.05) is 88.5 Å². The van der Waals surface area contributed by atoms with Crippen molar-refractivity contribution in [1.82, 2.24) is 19.8 Å². The molecule has 5 rings (SSSR count). The molecular formula is C23H34N6O. The first-order valence-corrected chi connectivity index (χ1v) is 11.6. The van der Waals surface area contributed by atoms with Gasteiger partial charge < -0.3 is 14.5 Å². The van der Waals surface area contributed by atoms with Crippen molar-refractivity contribution in [2.24, 2.45) is 0 Å². The van der Waals surface area contributed by atoms with Gasteiger partial charge in [-0.1, -0.05) is 0 Å². The van der Waals surface area contributed by atoms with Crippen LogP contribution in [0.25, 0.3) is 10.9 Å². The highest BCUT2D eigenvalue weighted by Crippen LogP contribution is 2.29. The fourth-order valence-corrected chi connectivity index (χ4v) is 4.94. The second-order valence-corrected chi connectivity index (χ2v) is 8.73. The van der Waals surface area contributed by atoms with Crippen LogP contribution in [-0.2, 0) is 4.74 Å². The van der Waals surface area contributed by atoms with Crippen LogP contribution in [0.3, 0.4) is 0 Å². The van der Waals surface area contributed by atoms with Crippen molar-refractivity contribution < 1.29 is 4.74 Å². The number of anilines is 2. The Bertz CT molecular complexity index is 824. The van der Waals surface area contributed by atoms with Gasteiger partial charge in [-0.15, -0.1) is 0 Å². The van der Waals surface area contributed by atoms with Gasteiger partial charge in [0.15, 0.2) is 0 Å². The standard InChI is InChI=1S/C23H34N6O/c1-2-8-29(7-1)23-21-18-20(4-5-22(21)24-19-25-23)28-13-11-27(12-14-28)10-9-26-6-3-16-30-17-15-26/h4-5,18-19H,1-3,6-17H2. The number of hydrogen-bond acceptors (Lipinski definition) is 7. The summed E-state index contributed by atoms with van der Waals surface area (Å²) >= 11 is 0. The van der Waals surface area contributed by atoms with E-state index in [0.717, 1.165) is 76.9 Å². The third-order valence-electron chi connectivity index (χ3n) is 6.79. The van der Waals surface area contributed by atoms with Gasteiger partial charge >= 0.3 is 0 Å². The smallest absolute Gasteiger partial charge is 0.139 e. The molecule has 0 aliphatic carbocycles. The molecule has 0 radical (unpaired) electrons. The second-order valence-electron chi connectivity index (χ2n) is 8.73. The second kappa shape index (κ2) is 9.45. The predicted molar refractivity (Wildman–Crippen MR) is 122 cm³/mol. The molecule has 1 aromatic heterocycles. The van der Waals surface area contributed by atoms with E-state index in [1.54, 1.807) is 6.33 Å². The summed E-state index contributed by atoms with van der Waals surface area (Å²) in [7, 11) is 0. The largest absolute Gasteiger partial charge is 0.380 e. The van der Waals surface area contributed by atoms with E-state index in [9.17, 15) is 0 Å². The van der Waals surface area contributed by atoms with E-state index >= 15 is 0 Å². The highest BCUT2D eigenvalue weighted by atomic mass is 16.5. The molecule has 3 aliphatic heterocycles. The van der Waals surface area contributed by atoms with Crippen molar-refractivity contribution in [3.8, 4) is 0 Å². The molecule has 3 aliphatic rings. The minimum absolute atomic E-state index is 0.888. The zero-order valence-electron chi connectivity index (χ0n) is 18.0. The maximum Gasteiger partial charge on any atom is 0.139 e. The molecule has 0 amide bonds. The molecule has 7 nitrogen and oxygen atoms in total. The molecule has 0 N–H and O–H groups in total. The SMILES string of the molecule is c1nc(N2CCCC2)c2cc(N3CCN(CCN4CCCOCC4)CC3)ccc2n1. The van der Waals surface area contributed by atoms with Gasteiger partial charge in [-0.05, 0) is 37.5 Å². The van der Waals surface area contributed by atoms with Crippen LogP contribution < -0.4 is 9.80 Å². The van der Waals surface area contributed by atoms with E-state index in [1.165, 1.54) is 43.4 Å². The average Bonchev–Trinajstić information content (AvgIpc) is 3.21. The molecule has 30 heavy (non-hydrogen) atoms. The molecule has 0 atom stereocenters. The first kappa shape index (κ1) is 20.0. The molecule has 0 spiro atoms. The maximum atomic E-state index is 5.58. The van der Waals surface area contributed by atoms with Gasteiger partial charge in [0.2, 0.25) is 0 Å². The number of hydrogen-bond donors (Lipinski definition) is 0. The maximum absolute atomic E-state index is 5.58. The molecule has 0 bridgehead atoms. The number of benzene rings is 1. The molecule has 1 aromatic carbocycles. The molecule has 4 heterocycles. The fraction of sp³-hybridized carbons (Fsp3) is 0.652. The summed E-state index contributed by atoms with van der Waals surface area (Å²) in [5.41, 5.74) is 2.36. The molecule has 162 valence electrons. The van der Waals surface area contributed by atoms with Crippen LogP contribution >= 0.6 is 0 Å². The topological polar surface area (TPSA) is 48.0 Å². The van der Waals surface area contributed by atoms with Gasteiger partial charge in [-0.25, -0.2) is 9.97 Å². The predicted octanol–water partition coefficient (Wildman–Crippen LogP) is 2.07. The Balaban J connectivity index is 1.21. The number of fused-ring (bicyclic) bond motifs is 1. The highest BCUT2D eigenvalue weighted by molar-refractivity contribution is 5.92. The Morgan fingerprint density at radius 3 is 2.37 bits per heavy atom. The van der Waals surface area contributed by atoms with Gasteiger partial charge in [0.1, 0.15) is 12.1 Å². The quantitative estimate of drug-likeness (QED) is 0.748. The minimum Gasteiger partial charge on any atom is -0.380 e. The van der Waals surface area contributed by atoms with Crippen LogP contribution in [-0.4, -0.2) is 98.4 Å². The lowest BCUT2D eigenvalue weighted by molar-refractivity contribution is 0.137. The molecule has 0 unspecified atom stereocenters. The first-order valence-electron chi connectivity index (χ1n) is 11.6. The van der Waals surface area contributed by atoms with Gasteiger partial charge in [0.25, 0.3) is 0 Å². The van der Waals surface area contributed by atoms with Gasteiger partial charge in [-0.2, -0.15) is 0 Å². The monoisotopic (exact) mass is 410 g/mol. The normalized spacial score (nSPS) is 22.0. The Morgan fingerprint density at radius 2 is 1.53 bits per heavy atom. The van der Waals surface area contributed by atoms with Crippen LogP contribution in [0.1, 0.15) is 19.3 Å². The van der Waals surface area contributed by atoms with Crippen molar-refractivity contribution in [1.29, 1.82) is 0 Å². The van der Waals surface area contributed by atoms with E-state index in [0.29, 0.717) is 0 Å². The lowest BCUT2D eigenvalue weighted by Crippen LogP contribution is -2.48. The number of piperazine rings is 1. The Morgan fingerprint density at radius 1 is 0.733 bits per heavy atom. The first-order chi connectivity index (χ1) is 14.9. The molecule has 3 fully saturated rings. The number of rotatable bonds is 5. The minimum atomic E-state index is 0.888. The molecule has 0 saturated carbocycles. The van der Waals surface area contributed by atoms with E-state index in [-0.39, 0.29) is 0 Å². The molecule has 7 heteroatoms. The summed E-state index contributed by atoms with van der Waals surface area (Å²) in [6.45, 7) is 13.0. The fourth-order valence-electron chi connectivity index (χ4n) is 4.94. The van der Waals surface area contributed by atoms with Crippen molar-refractivity contribution in [3.05, 3.63) is 24.5 Å². The van der Waals surface area contributed by atoms with E-state index in [4.69, 9.17) is 4.74 Å². The van der Waals surface area contributed by atoms with Crippen LogP contribution in [0.5, 0.6) is 0 Å². The van der Waals surface area contributed by atoms with E-state index < -0.39 is 0 Å². The lowest BCUT2D eigenvalue weighted by atomic mass is 10.1. The van der Waals surface area contributed by atoms with E-state index in [2.05, 4.69) is 47.8 Å². The third-order valence-corrected chi connectivity index (χ3v) is 6.79. The van der Waals surface area contributed by atoms with Crippen LogP contribution in [0, 0.1) is 0 Å². The van der Waals surface area contributed by atoms with Crippen LogP contribution in [0.15, 0.2) is 24.5 Å². The molecule has 2 aromatic rings. The van der Waals surface area contributed by atoms with Crippen LogP contribution in [0.4, 0.5) is 11.5 Å². The zero-order valence-corrected chi connectivity index (χ0v) is 18.0. The summed E-state index contributed by atoms with van der Waals surface area (Å²) in [5, 5.41) is 1.20. The number of ether oxygens (including phenoxy) is 1. The Kier molecular flexibility index (Phi) is 6.29. The third kappa shape index (κ3) is 4.53. The summed E-state index contributed by atoms with van der Waals surface area (Å²) < 4.78 is 5.58. The highest BCUT2D eigenvalue weighted by Gasteiger charge is 2.21. The zero-order chi connectivity index (χ0) is 20.2. The van der Waals surface area contributed by atoms with Crippen molar-refractivity contribution in [2.45, 2.75) is 19.3 Å². The van der Waals surface area contributed by atoms with Crippen LogP contribution in [0.2, 0.25) is 0 Å². The van der Waals surface area contributed by atoms with Gasteiger partial charge in [-0.3, -0.25) is 9.80 Å². The average molecular weight is 411 g/mol. The summed E-state index contributed by atoms with van der Waals surface area (Å²) in [6.07, 6.45) is 5.40.